The molecule has 0 unspecified atom stereocenters. The third-order valence-corrected chi connectivity index (χ3v) is 12.4. The summed E-state index contributed by atoms with van der Waals surface area (Å²) in [4.78, 5) is -0.338. The molecule has 6 aliphatic rings. The van der Waals surface area contributed by atoms with E-state index in [9.17, 15) is 59.5 Å². The summed E-state index contributed by atoms with van der Waals surface area (Å²) in [5, 5.41) is 107. The number of benzene rings is 1. The minimum atomic E-state index is -4.73. The second-order valence-corrected chi connectivity index (χ2v) is 16.2. The minimum Gasteiger partial charge on any atom is -0.394 e. The quantitative estimate of drug-likeness (QED) is 0.0871. The fraction of sp³-hybridized carbons (Fsp3) is 0.812. The predicted octanol–water partition coefficient (Wildman–Crippen LogP) is -7.50. The maximum atomic E-state index is 13.7. The molecule has 7 rings (SSSR count). The summed E-state index contributed by atoms with van der Waals surface area (Å²) in [7, 11) is -4.73. The summed E-state index contributed by atoms with van der Waals surface area (Å²) in [6.07, 6.45) is -28.5. The van der Waals surface area contributed by atoms with Crippen LogP contribution in [0.1, 0.15) is 12.5 Å². The molecule has 0 aliphatic carbocycles. The van der Waals surface area contributed by atoms with Gasteiger partial charge in [-0.2, -0.15) is 4.72 Å². The van der Waals surface area contributed by atoms with Crippen LogP contribution in [0.4, 0.5) is 0 Å². The maximum absolute atomic E-state index is 13.7. The summed E-state index contributed by atoms with van der Waals surface area (Å²) in [5.41, 5.74) is 3.62. The number of nitrogens with one attached hydrogen (secondary N) is 1. The highest BCUT2D eigenvalue weighted by Gasteiger charge is 2.66. The van der Waals surface area contributed by atoms with Gasteiger partial charge in [-0.25, -0.2) is 8.42 Å². The van der Waals surface area contributed by atoms with Gasteiger partial charge < -0.3 is 93.7 Å². The largest absolute Gasteiger partial charge is 0.394 e. The Hall–Kier alpha value is -1.67. The van der Waals surface area contributed by atoms with Crippen molar-refractivity contribution in [1.82, 2.24) is 4.72 Å². The number of hydrogen-bond donors (Lipinski definition) is 12. The first-order valence-corrected chi connectivity index (χ1v) is 19.4. The monoisotopic (exact) mass is 828 g/mol. The topological polar surface area (TPSA) is 358 Å². The zero-order valence-corrected chi connectivity index (χ0v) is 30.5. The normalized spacial score (nSPS) is 49.3. The van der Waals surface area contributed by atoms with Gasteiger partial charge in [0.05, 0.1) is 31.3 Å². The third-order valence-electron chi connectivity index (χ3n) is 10.9. The fourth-order valence-electron chi connectivity index (χ4n) is 7.72. The Labute approximate surface area is 318 Å². The summed E-state index contributed by atoms with van der Waals surface area (Å²) in [5.74, 6) is -3.08. The van der Waals surface area contributed by atoms with Crippen LogP contribution >= 0.6 is 0 Å². The molecule has 0 spiro atoms. The van der Waals surface area contributed by atoms with Crippen molar-refractivity contribution in [3.8, 4) is 0 Å². The molecular weight excluding hydrogens is 780 g/mol. The molecule has 23 nitrogen and oxygen atoms in total. The zero-order valence-electron chi connectivity index (χ0n) is 29.7. The van der Waals surface area contributed by atoms with E-state index in [2.05, 4.69) is 4.72 Å². The van der Waals surface area contributed by atoms with Crippen LogP contribution in [0.2, 0.25) is 0 Å². The molecule has 56 heavy (non-hydrogen) atoms. The minimum absolute atomic E-state index is 0.0744. The maximum Gasteiger partial charge on any atom is 0.273 e. The van der Waals surface area contributed by atoms with E-state index in [1.807, 2.05) is 6.92 Å². The van der Waals surface area contributed by atoms with Gasteiger partial charge in [0, 0.05) is 0 Å². The van der Waals surface area contributed by atoms with Gasteiger partial charge in [-0.05, 0) is 24.1 Å². The van der Waals surface area contributed by atoms with E-state index in [-0.39, 0.29) is 18.1 Å². The number of sulfonamides is 1. The molecule has 6 heterocycles. The molecule has 1 aromatic rings. The third kappa shape index (κ3) is 7.42. The molecule has 0 amide bonds. The van der Waals surface area contributed by atoms with Crippen LogP contribution in [0.3, 0.4) is 0 Å². The highest BCUT2D eigenvalue weighted by molar-refractivity contribution is 7.89. The smallest absolute Gasteiger partial charge is 0.273 e. The van der Waals surface area contributed by atoms with Crippen molar-refractivity contribution in [2.24, 2.45) is 5.73 Å². The Morgan fingerprint density at radius 2 is 1.38 bits per heavy atom. The van der Waals surface area contributed by atoms with Crippen molar-refractivity contribution < 1.29 is 102 Å². The first-order valence-electron chi connectivity index (χ1n) is 17.9. The van der Waals surface area contributed by atoms with E-state index in [1.54, 1.807) is 0 Å². The van der Waals surface area contributed by atoms with E-state index < -0.39 is 145 Å². The molecule has 0 saturated carbocycles. The molecule has 318 valence electrons. The molecule has 20 atom stereocenters. The van der Waals surface area contributed by atoms with Crippen LogP contribution in [-0.2, 0) is 59.1 Å². The van der Waals surface area contributed by atoms with E-state index in [4.69, 9.17) is 48.4 Å². The first kappa shape index (κ1) is 42.5. The second kappa shape index (κ2) is 16.1. The van der Waals surface area contributed by atoms with Crippen LogP contribution in [0.5, 0.6) is 0 Å². The van der Waals surface area contributed by atoms with Gasteiger partial charge in [0.15, 0.2) is 30.7 Å². The van der Waals surface area contributed by atoms with Gasteiger partial charge >= 0.3 is 0 Å². The second-order valence-electron chi connectivity index (χ2n) is 14.5. The van der Waals surface area contributed by atoms with Crippen LogP contribution in [0, 0.1) is 0 Å². The summed E-state index contributed by atoms with van der Waals surface area (Å²) < 4.78 is 81.0. The lowest BCUT2D eigenvalue weighted by Gasteiger charge is -2.53. The Bertz CT molecular complexity index is 1630. The standard InChI is InChI=1S/C32H48N2O21S/c1-2-11-3-5-12(6-4-11)56(45,46)34-32(30(43)31(33,44)26(41)14(8-36)54-32)55-22-16-10-48-25(22)20(40)29(51-16)53-23-17(37)13(7-35)50-28(19(23)39)52-21-15-9-47-24(21)18(38)27(42)49-15/h3-6,13-30,34-44H,2,7-10,33H2,1H3/t13-,14-,15+,16+,17-,18+,19-,20+,21+,22+,23+,24+,25+,26-,27-,28+,29+,30-,31+,32+/m1/s1. The van der Waals surface area contributed by atoms with Crippen molar-refractivity contribution in [2.45, 2.75) is 140 Å². The van der Waals surface area contributed by atoms with Gasteiger partial charge in [-0.1, -0.05) is 19.1 Å². The number of fused-ring (bicyclic) bond motifs is 4. The average molecular weight is 829 g/mol. The van der Waals surface area contributed by atoms with Gasteiger partial charge in [-0.3, -0.25) is 5.73 Å². The Morgan fingerprint density at radius 3 is 2.00 bits per heavy atom. The zero-order chi connectivity index (χ0) is 40.5. The lowest BCUT2D eigenvalue weighted by Crippen LogP contribution is -2.81. The van der Waals surface area contributed by atoms with Gasteiger partial charge in [0.1, 0.15) is 85.5 Å². The number of ether oxygens (including phenoxy) is 9. The average Bonchev–Trinajstić information content (AvgIpc) is 3.66. The number of rotatable bonds is 12. The lowest BCUT2D eigenvalue weighted by atomic mass is 9.90. The number of hydrogen-bond acceptors (Lipinski definition) is 22. The molecule has 6 aliphatic heterocycles. The van der Waals surface area contributed by atoms with Gasteiger partial charge in [0.25, 0.3) is 5.91 Å². The Balaban J connectivity index is 1.11. The highest BCUT2D eigenvalue weighted by atomic mass is 32.2. The van der Waals surface area contributed by atoms with Crippen LogP contribution in [-0.4, -0.2) is 208 Å². The number of nitrogens with two attached hydrogens (primary N) is 1. The molecule has 6 fully saturated rings. The number of aryl methyl sites for hydroxylation is 1. The van der Waals surface area contributed by atoms with Gasteiger partial charge in [0.2, 0.25) is 10.0 Å². The van der Waals surface area contributed by atoms with Crippen molar-refractivity contribution in [2.75, 3.05) is 26.4 Å². The van der Waals surface area contributed by atoms with E-state index in [1.165, 1.54) is 24.3 Å². The number of aliphatic hydroxyl groups excluding tert-OH is 9. The number of aliphatic hydroxyl groups is 10. The van der Waals surface area contributed by atoms with Crippen molar-refractivity contribution in [1.29, 1.82) is 0 Å². The summed E-state index contributed by atoms with van der Waals surface area (Å²) in [6, 6.07) is 5.57. The first-order chi connectivity index (χ1) is 26.5. The molecule has 13 N–H and O–H groups in total. The molecular formula is C32H48N2O21S. The van der Waals surface area contributed by atoms with Gasteiger partial charge in [-0.15, -0.1) is 0 Å². The predicted molar refractivity (Wildman–Crippen MR) is 175 cm³/mol. The lowest BCUT2D eigenvalue weighted by molar-refractivity contribution is -0.416. The molecule has 6 saturated heterocycles. The van der Waals surface area contributed by atoms with Crippen molar-refractivity contribution in [3.05, 3.63) is 29.8 Å². The molecule has 0 aromatic heterocycles. The summed E-state index contributed by atoms with van der Waals surface area (Å²) in [6.45, 7) is -0.421. The SMILES string of the molecule is CCc1ccc(S(=O)(=O)N[C@]2(O[C@@H]3[C@H]4OC[C@@H]3O[C@@H](O[C@@H]3[C@@H](O)[C@H](O[C@@H]5[C@H]6OC[C@@H]5O[C@@H](O)[C@H]6O)O[C@H](CO)[C@H]3O)[C@H]4O)O[C@H](CO)[C@@H](O)[C@](N)(O)[C@H]2O)cc1. The Morgan fingerprint density at radius 1 is 0.786 bits per heavy atom. The highest BCUT2D eigenvalue weighted by Crippen LogP contribution is 2.42. The van der Waals surface area contributed by atoms with Crippen LogP contribution < -0.4 is 10.5 Å². The van der Waals surface area contributed by atoms with E-state index >= 15 is 0 Å². The van der Waals surface area contributed by atoms with Crippen LogP contribution in [0.25, 0.3) is 0 Å². The van der Waals surface area contributed by atoms with Crippen molar-refractivity contribution in [3.63, 3.8) is 0 Å². The van der Waals surface area contributed by atoms with E-state index in [0.29, 0.717) is 6.42 Å². The van der Waals surface area contributed by atoms with Crippen molar-refractivity contribution >= 4 is 10.0 Å². The molecule has 1 aromatic carbocycles. The van der Waals surface area contributed by atoms with E-state index in [0.717, 1.165) is 5.56 Å². The summed E-state index contributed by atoms with van der Waals surface area (Å²) >= 11 is 0. The molecule has 4 bridgehead atoms. The Kier molecular flexibility index (Phi) is 12.2. The van der Waals surface area contributed by atoms with Crippen LogP contribution in [0.15, 0.2) is 29.2 Å². The molecule has 24 heteroatoms. The fourth-order valence-corrected chi connectivity index (χ4v) is 8.92. The molecule has 0 radical (unpaired) electrons.